The van der Waals surface area contributed by atoms with E-state index in [4.69, 9.17) is 4.74 Å². The minimum atomic E-state index is -0.440. The number of aryl methyl sites for hydroxylation is 1. The Labute approximate surface area is 147 Å². The number of hydrogen-bond acceptors (Lipinski definition) is 3. The molecule has 1 atom stereocenters. The van der Waals surface area contributed by atoms with Crippen LogP contribution in [0, 0.1) is 0 Å². The molecule has 2 N–H and O–H groups in total. The first-order valence-electron chi connectivity index (χ1n) is 9.93. The van der Waals surface area contributed by atoms with E-state index in [1.165, 1.54) is 62.5 Å². The van der Waals surface area contributed by atoms with Gasteiger partial charge in [-0.05, 0) is 55.8 Å². The molecule has 0 radical (unpaired) electrons. The minimum absolute atomic E-state index is 0.375. The van der Waals surface area contributed by atoms with Crippen LogP contribution in [0.1, 0.15) is 69.4 Å². The second-order valence-electron chi connectivity index (χ2n) is 7.04. The molecule has 0 heterocycles. The van der Waals surface area contributed by atoms with Crippen molar-refractivity contribution in [3.8, 4) is 5.75 Å². The fourth-order valence-corrected chi connectivity index (χ4v) is 3.43. The first-order chi connectivity index (χ1) is 11.8. The number of fused-ring (bicyclic) bond motifs is 1. The van der Waals surface area contributed by atoms with Crippen molar-refractivity contribution in [2.45, 2.75) is 77.2 Å². The summed E-state index contributed by atoms with van der Waals surface area (Å²) in [6.45, 7) is 4.23. The van der Waals surface area contributed by atoms with Crippen molar-refractivity contribution >= 4 is 0 Å². The number of rotatable bonds is 12. The lowest BCUT2D eigenvalue weighted by molar-refractivity contribution is 0.106. The van der Waals surface area contributed by atoms with Gasteiger partial charge in [0.1, 0.15) is 18.5 Å². The van der Waals surface area contributed by atoms with Crippen molar-refractivity contribution in [2.75, 3.05) is 19.7 Å². The molecule has 0 spiro atoms. The zero-order chi connectivity index (χ0) is 17.0. The number of nitrogens with one attached hydrogen (secondary N) is 1. The van der Waals surface area contributed by atoms with Crippen LogP contribution in [0.5, 0.6) is 5.75 Å². The predicted molar refractivity (Wildman–Crippen MR) is 101 cm³/mol. The fourth-order valence-electron chi connectivity index (χ4n) is 3.43. The fraction of sp³-hybridized carbons (Fsp3) is 0.714. The van der Waals surface area contributed by atoms with Crippen molar-refractivity contribution in [2.24, 2.45) is 0 Å². The first kappa shape index (κ1) is 19.3. The molecule has 0 aromatic heterocycles. The van der Waals surface area contributed by atoms with Crippen LogP contribution < -0.4 is 10.1 Å². The summed E-state index contributed by atoms with van der Waals surface area (Å²) in [6.07, 6.45) is 12.2. The maximum Gasteiger partial charge on any atom is 0.122 e. The van der Waals surface area contributed by atoms with Gasteiger partial charge in [0.25, 0.3) is 0 Å². The largest absolute Gasteiger partial charge is 0.491 e. The molecule has 1 aromatic carbocycles. The second-order valence-corrected chi connectivity index (χ2v) is 7.04. The van der Waals surface area contributed by atoms with E-state index in [0.29, 0.717) is 13.2 Å². The standard InChI is InChI=1S/C21H35NO2/c1-2-3-4-5-6-9-15-22-16-19(23)17-24-21-14-10-12-18-11-7-8-13-20(18)21/h10,12,14,19,22-23H,2-9,11,13,15-17H2,1H3. The number of unbranched alkanes of at least 4 members (excludes halogenated alkanes) is 5. The summed E-state index contributed by atoms with van der Waals surface area (Å²) in [5.41, 5.74) is 2.78. The van der Waals surface area contributed by atoms with E-state index in [1.54, 1.807) is 0 Å². The molecule has 3 nitrogen and oxygen atoms in total. The lowest BCUT2D eigenvalue weighted by Gasteiger charge is -2.20. The maximum atomic E-state index is 10.1. The van der Waals surface area contributed by atoms with Gasteiger partial charge in [-0.15, -0.1) is 0 Å². The Balaban J connectivity index is 1.58. The van der Waals surface area contributed by atoms with Gasteiger partial charge in [0, 0.05) is 6.54 Å². The molecule has 3 heteroatoms. The Morgan fingerprint density at radius 3 is 2.75 bits per heavy atom. The predicted octanol–water partition coefficient (Wildman–Crippen LogP) is 4.26. The summed E-state index contributed by atoms with van der Waals surface area (Å²) in [5.74, 6) is 0.974. The third-order valence-corrected chi connectivity index (χ3v) is 4.87. The van der Waals surface area contributed by atoms with Crippen molar-refractivity contribution in [1.29, 1.82) is 0 Å². The van der Waals surface area contributed by atoms with Crippen LogP contribution in [0.15, 0.2) is 18.2 Å². The van der Waals surface area contributed by atoms with Crippen LogP contribution in [0.4, 0.5) is 0 Å². The molecule has 0 aliphatic heterocycles. The van der Waals surface area contributed by atoms with Gasteiger partial charge in [-0.3, -0.25) is 0 Å². The lowest BCUT2D eigenvalue weighted by Crippen LogP contribution is -2.32. The molecule has 0 saturated carbocycles. The highest BCUT2D eigenvalue weighted by Crippen LogP contribution is 2.29. The van der Waals surface area contributed by atoms with E-state index in [-0.39, 0.29) is 0 Å². The van der Waals surface area contributed by atoms with Crippen molar-refractivity contribution < 1.29 is 9.84 Å². The zero-order valence-electron chi connectivity index (χ0n) is 15.4. The van der Waals surface area contributed by atoms with E-state index in [0.717, 1.165) is 25.1 Å². The Hall–Kier alpha value is -1.06. The SMILES string of the molecule is CCCCCCCCNCC(O)COc1cccc2c1CCCC2. The first-order valence-corrected chi connectivity index (χ1v) is 9.93. The van der Waals surface area contributed by atoms with Gasteiger partial charge in [-0.1, -0.05) is 51.2 Å². The lowest BCUT2D eigenvalue weighted by atomic mass is 9.91. The quantitative estimate of drug-likeness (QED) is 0.562. The Morgan fingerprint density at radius 1 is 1.08 bits per heavy atom. The van der Waals surface area contributed by atoms with E-state index in [1.807, 2.05) is 6.07 Å². The van der Waals surface area contributed by atoms with Crippen LogP contribution in [0.25, 0.3) is 0 Å². The normalized spacial score (nSPS) is 15.1. The number of aliphatic hydroxyl groups excluding tert-OH is 1. The summed E-state index contributed by atoms with van der Waals surface area (Å²) in [5, 5.41) is 13.4. The molecule has 24 heavy (non-hydrogen) atoms. The molecule has 1 aliphatic carbocycles. The number of hydrogen-bond donors (Lipinski definition) is 2. The van der Waals surface area contributed by atoms with Crippen LogP contribution in [-0.4, -0.2) is 30.9 Å². The summed E-state index contributed by atoms with van der Waals surface area (Å²) in [6, 6.07) is 6.32. The van der Waals surface area contributed by atoms with E-state index in [9.17, 15) is 5.11 Å². The Morgan fingerprint density at radius 2 is 1.88 bits per heavy atom. The van der Waals surface area contributed by atoms with Gasteiger partial charge in [-0.25, -0.2) is 0 Å². The Kier molecular flexibility index (Phi) is 9.22. The minimum Gasteiger partial charge on any atom is -0.491 e. The number of aliphatic hydroxyl groups is 1. The summed E-state index contributed by atoms with van der Waals surface area (Å²) in [4.78, 5) is 0. The molecule has 0 bridgehead atoms. The molecule has 0 fully saturated rings. The van der Waals surface area contributed by atoms with Crippen molar-refractivity contribution in [1.82, 2.24) is 5.32 Å². The van der Waals surface area contributed by atoms with Gasteiger partial charge in [0.05, 0.1) is 0 Å². The monoisotopic (exact) mass is 333 g/mol. The van der Waals surface area contributed by atoms with Gasteiger partial charge in [0.2, 0.25) is 0 Å². The van der Waals surface area contributed by atoms with E-state index < -0.39 is 6.10 Å². The smallest absolute Gasteiger partial charge is 0.122 e. The van der Waals surface area contributed by atoms with E-state index >= 15 is 0 Å². The topological polar surface area (TPSA) is 41.5 Å². The van der Waals surface area contributed by atoms with Crippen LogP contribution in [0.2, 0.25) is 0 Å². The molecular weight excluding hydrogens is 298 g/mol. The van der Waals surface area contributed by atoms with Gasteiger partial charge in [-0.2, -0.15) is 0 Å². The summed E-state index contributed by atoms with van der Waals surface area (Å²) in [7, 11) is 0. The third kappa shape index (κ3) is 6.82. The average molecular weight is 334 g/mol. The van der Waals surface area contributed by atoms with Crippen LogP contribution >= 0.6 is 0 Å². The Bertz CT molecular complexity index is 461. The molecule has 0 amide bonds. The highest BCUT2D eigenvalue weighted by Gasteiger charge is 2.14. The number of ether oxygens (including phenoxy) is 1. The molecule has 2 rings (SSSR count). The molecule has 136 valence electrons. The van der Waals surface area contributed by atoms with E-state index in [2.05, 4.69) is 24.4 Å². The maximum absolute atomic E-state index is 10.1. The highest BCUT2D eigenvalue weighted by molar-refractivity contribution is 5.41. The van der Waals surface area contributed by atoms with Crippen LogP contribution in [-0.2, 0) is 12.8 Å². The molecule has 1 aromatic rings. The summed E-state index contributed by atoms with van der Waals surface area (Å²) >= 11 is 0. The molecule has 1 aliphatic rings. The molecular formula is C21H35NO2. The van der Waals surface area contributed by atoms with Gasteiger partial charge < -0.3 is 15.2 Å². The number of benzene rings is 1. The van der Waals surface area contributed by atoms with Crippen molar-refractivity contribution in [3.05, 3.63) is 29.3 Å². The van der Waals surface area contributed by atoms with Crippen molar-refractivity contribution in [3.63, 3.8) is 0 Å². The third-order valence-electron chi connectivity index (χ3n) is 4.87. The van der Waals surface area contributed by atoms with Gasteiger partial charge in [0.15, 0.2) is 0 Å². The van der Waals surface area contributed by atoms with Crippen LogP contribution in [0.3, 0.4) is 0 Å². The molecule has 0 saturated heterocycles. The second kappa shape index (κ2) is 11.5. The van der Waals surface area contributed by atoms with Gasteiger partial charge >= 0.3 is 0 Å². The average Bonchev–Trinajstić information content (AvgIpc) is 2.62. The highest BCUT2D eigenvalue weighted by atomic mass is 16.5. The zero-order valence-corrected chi connectivity index (χ0v) is 15.4. The molecule has 1 unspecified atom stereocenters. The summed E-state index contributed by atoms with van der Waals surface area (Å²) < 4.78 is 5.90.